The molecule has 8 nitrogen and oxygen atoms in total. The highest BCUT2D eigenvalue weighted by Crippen LogP contribution is 2.21. The number of hydrogen-bond acceptors (Lipinski definition) is 6. The topological polar surface area (TPSA) is 111 Å². The normalized spacial score (nSPS) is 10.5. The minimum atomic E-state index is -0.525. The predicted molar refractivity (Wildman–Crippen MR) is 93.7 cm³/mol. The number of benzene rings is 2. The number of rotatable bonds is 5. The molecule has 0 bridgehead atoms. The number of carbonyl (C=O) groups is 1. The van der Waals surface area contributed by atoms with Crippen LogP contribution >= 0.6 is 11.6 Å². The van der Waals surface area contributed by atoms with Gasteiger partial charge in [-0.05, 0) is 37.3 Å². The SMILES string of the molecule is Cc1c(C(=O)NCc2nc(-c3ccc(Cl)cc3)no2)cccc1[N+](=O)[O-]. The summed E-state index contributed by atoms with van der Waals surface area (Å²) in [6.45, 7) is 1.53. The lowest BCUT2D eigenvalue weighted by atomic mass is 10.1. The van der Waals surface area contributed by atoms with Crippen LogP contribution in [-0.2, 0) is 6.54 Å². The number of nitro benzene ring substituents is 1. The molecule has 3 rings (SSSR count). The quantitative estimate of drug-likeness (QED) is 0.541. The van der Waals surface area contributed by atoms with Gasteiger partial charge in [0, 0.05) is 27.8 Å². The van der Waals surface area contributed by atoms with Crippen molar-refractivity contribution in [1.29, 1.82) is 0 Å². The Morgan fingerprint density at radius 3 is 2.69 bits per heavy atom. The number of amides is 1. The molecular formula is C17H13ClN4O4. The first-order chi connectivity index (χ1) is 12.5. The number of aromatic nitrogens is 2. The molecular weight excluding hydrogens is 360 g/mol. The van der Waals surface area contributed by atoms with Gasteiger partial charge in [0.05, 0.1) is 11.5 Å². The van der Waals surface area contributed by atoms with E-state index < -0.39 is 10.8 Å². The second-order valence-electron chi connectivity index (χ2n) is 5.41. The van der Waals surface area contributed by atoms with E-state index in [1.807, 2.05) is 0 Å². The Balaban J connectivity index is 1.70. The monoisotopic (exact) mass is 372 g/mol. The van der Waals surface area contributed by atoms with E-state index in [9.17, 15) is 14.9 Å². The van der Waals surface area contributed by atoms with Crippen molar-refractivity contribution in [3.8, 4) is 11.4 Å². The highest BCUT2D eigenvalue weighted by molar-refractivity contribution is 6.30. The van der Waals surface area contributed by atoms with Crippen LogP contribution in [0.5, 0.6) is 0 Å². The summed E-state index contributed by atoms with van der Waals surface area (Å²) in [5, 5.41) is 18.0. The van der Waals surface area contributed by atoms with Crippen LogP contribution in [0.3, 0.4) is 0 Å². The molecule has 2 aromatic carbocycles. The largest absolute Gasteiger partial charge is 0.343 e. The average Bonchev–Trinajstić information content (AvgIpc) is 3.09. The number of halogens is 1. The number of hydrogen-bond donors (Lipinski definition) is 1. The Morgan fingerprint density at radius 2 is 2.00 bits per heavy atom. The lowest BCUT2D eigenvalue weighted by molar-refractivity contribution is -0.385. The van der Waals surface area contributed by atoms with Crippen molar-refractivity contribution in [2.24, 2.45) is 0 Å². The standard InChI is InChI=1S/C17H13ClN4O4/c1-10-13(3-2-4-14(10)22(24)25)17(23)19-9-15-20-16(21-26-15)11-5-7-12(18)8-6-11/h2-8H,9H2,1H3,(H,19,23). The van der Waals surface area contributed by atoms with Crippen LogP contribution < -0.4 is 5.32 Å². The third-order valence-corrected chi connectivity index (χ3v) is 3.97. The van der Waals surface area contributed by atoms with E-state index in [0.29, 0.717) is 16.4 Å². The summed E-state index contributed by atoms with van der Waals surface area (Å²) in [5.74, 6) is 0.126. The molecule has 1 N–H and O–H groups in total. The molecule has 3 aromatic rings. The first-order valence-electron chi connectivity index (χ1n) is 7.56. The summed E-state index contributed by atoms with van der Waals surface area (Å²) in [4.78, 5) is 26.9. The molecule has 0 saturated heterocycles. The first-order valence-corrected chi connectivity index (χ1v) is 7.94. The van der Waals surface area contributed by atoms with Crippen LogP contribution in [0.15, 0.2) is 47.0 Å². The van der Waals surface area contributed by atoms with Gasteiger partial charge in [-0.1, -0.05) is 22.8 Å². The van der Waals surface area contributed by atoms with Crippen LogP contribution in [0.2, 0.25) is 5.02 Å². The van der Waals surface area contributed by atoms with Gasteiger partial charge in [0.1, 0.15) is 0 Å². The lowest BCUT2D eigenvalue weighted by Crippen LogP contribution is -2.24. The summed E-state index contributed by atoms with van der Waals surface area (Å²) in [6.07, 6.45) is 0. The van der Waals surface area contributed by atoms with Crippen molar-refractivity contribution in [2.45, 2.75) is 13.5 Å². The van der Waals surface area contributed by atoms with E-state index in [0.717, 1.165) is 5.56 Å². The van der Waals surface area contributed by atoms with Gasteiger partial charge >= 0.3 is 0 Å². The molecule has 0 radical (unpaired) electrons. The minimum Gasteiger partial charge on any atom is -0.343 e. The van der Waals surface area contributed by atoms with Gasteiger partial charge in [0.25, 0.3) is 11.6 Å². The molecule has 26 heavy (non-hydrogen) atoms. The zero-order chi connectivity index (χ0) is 18.7. The fourth-order valence-electron chi connectivity index (χ4n) is 2.36. The zero-order valence-corrected chi connectivity index (χ0v) is 14.4. The Labute approximate surface area is 152 Å². The molecule has 0 saturated carbocycles. The Kier molecular flexibility index (Phi) is 4.94. The molecule has 0 atom stereocenters. The van der Waals surface area contributed by atoms with Crippen molar-refractivity contribution in [1.82, 2.24) is 15.5 Å². The van der Waals surface area contributed by atoms with Gasteiger partial charge in [-0.25, -0.2) is 0 Å². The van der Waals surface area contributed by atoms with Crippen molar-refractivity contribution in [3.05, 3.63) is 74.6 Å². The van der Waals surface area contributed by atoms with Crippen molar-refractivity contribution in [3.63, 3.8) is 0 Å². The highest BCUT2D eigenvalue weighted by atomic mass is 35.5. The molecule has 9 heteroatoms. The number of nitrogens with zero attached hydrogens (tertiary/aromatic N) is 3. The minimum absolute atomic E-state index is 0.00154. The Morgan fingerprint density at radius 1 is 1.27 bits per heavy atom. The molecule has 1 aromatic heterocycles. The van der Waals surface area contributed by atoms with E-state index in [2.05, 4.69) is 15.5 Å². The van der Waals surface area contributed by atoms with E-state index in [4.69, 9.17) is 16.1 Å². The second-order valence-corrected chi connectivity index (χ2v) is 5.84. The second kappa shape index (κ2) is 7.32. The van der Waals surface area contributed by atoms with Gasteiger partial charge in [-0.3, -0.25) is 14.9 Å². The third kappa shape index (κ3) is 3.70. The summed E-state index contributed by atoms with van der Waals surface area (Å²) < 4.78 is 5.11. The molecule has 0 aliphatic heterocycles. The summed E-state index contributed by atoms with van der Waals surface area (Å²) in [5.41, 5.74) is 1.13. The van der Waals surface area contributed by atoms with Crippen LogP contribution in [0, 0.1) is 17.0 Å². The van der Waals surface area contributed by atoms with E-state index in [1.165, 1.54) is 25.1 Å². The van der Waals surface area contributed by atoms with Gasteiger partial charge in [-0.15, -0.1) is 0 Å². The average molecular weight is 373 g/mol. The smallest absolute Gasteiger partial charge is 0.273 e. The molecule has 0 aliphatic rings. The maximum absolute atomic E-state index is 12.3. The van der Waals surface area contributed by atoms with Crippen LogP contribution in [0.25, 0.3) is 11.4 Å². The molecule has 0 fully saturated rings. The van der Waals surface area contributed by atoms with Crippen molar-refractivity contribution < 1.29 is 14.2 Å². The molecule has 0 aliphatic carbocycles. The van der Waals surface area contributed by atoms with Gasteiger partial charge in [0.15, 0.2) is 0 Å². The lowest BCUT2D eigenvalue weighted by Gasteiger charge is -2.06. The Bertz CT molecular complexity index is 969. The summed E-state index contributed by atoms with van der Waals surface area (Å²) in [6, 6.07) is 11.3. The number of nitrogens with one attached hydrogen (secondary N) is 1. The molecule has 0 spiro atoms. The van der Waals surface area contributed by atoms with Gasteiger partial charge < -0.3 is 9.84 Å². The maximum atomic E-state index is 12.3. The number of carbonyl (C=O) groups excluding carboxylic acids is 1. The summed E-state index contributed by atoms with van der Waals surface area (Å²) >= 11 is 5.84. The van der Waals surface area contributed by atoms with Gasteiger partial charge in [0.2, 0.25) is 11.7 Å². The van der Waals surface area contributed by atoms with E-state index in [1.54, 1.807) is 24.3 Å². The maximum Gasteiger partial charge on any atom is 0.273 e. The van der Waals surface area contributed by atoms with E-state index >= 15 is 0 Å². The predicted octanol–water partition coefficient (Wildman–Crippen LogP) is 3.54. The van der Waals surface area contributed by atoms with Crippen molar-refractivity contribution in [2.75, 3.05) is 0 Å². The Hall–Kier alpha value is -3.26. The molecule has 132 valence electrons. The molecule has 0 unspecified atom stereocenters. The highest BCUT2D eigenvalue weighted by Gasteiger charge is 2.18. The van der Waals surface area contributed by atoms with Crippen LogP contribution in [-0.4, -0.2) is 21.0 Å². The van der Waals surface area contributed by atoms with E-state index in [-0.39, 0.29) is 23.7 Å². The molecule has 1 amide bonds. The van der Waals surface area contributed by atoms with Crippen LogP contribution in [0.1, 0.15) is 21.8 Å². The number of nitro groups is 1. The van der Waals surface area contributed by atoms with Crippen LogP contribution in [0.4, 0.5) is 5.69 Å². The summed E-state index contributed by atoms with van der Waals surface area (Å²) in [7, 11) is 0. The third-order valence-electron chi connectivity index (χ3n) is 3.72. The first kappa shape index (κ1) is 17.6. The fourth-order valence-corrected chi connectivity index (χ4v) is 2.49. The van der Waals surface area contributed by atoms with Crippen molar-refractivity contribution >= 4 is 23.2 Å². The molecule has 1 heterocycles. The zero-order valence-electron chi connectivity index (χ0n) is 13.6. The fraction of sp³-hybridized carbons (Fsp3) is 0.118. The van der Waals surface area contributed by atoms with Gasteiger partial charge in [-0.2, -0.15) is 4.98 Å².